The first kappa shape index (κ1) is 10.8. The maximum absolute atomic E-state index is 12.4. The normalized spacial score (nSPS) is 16.4. The molecular weight excluding hydrogens is 195 g/mol. The summed E-state index contributed by atoms with van der Waals surface area (Å²) in [4.78, 5) is 0. The summed E-state index contributed by atoms with van der Waals surface area (Å²) >= 11 is 0. The second-order valence-electron chi connectivity index (χ2n) is 3.16. The van der Waals surface area contributed by atoms with Crippen molar-refractivity contribution in [3.8, 4) is 0 Å². The SMILES string of the molecule is C[C@@](O)(c1ccccc1N)C(F)(F)F. The standard InChI is InChI=1S/C9H10F3NO/c1-8(14,9(10,11)12)6-4-2-3-5-7(6)13/h2-5,14H,13H2,1H3/t8-/m1/s1. The highest BCUT2D eigenvalue weighted by molar-refractivity contribution is 5.49. The van der Waals surface area contributed by atoms with Crippen LogP contribution in [0.3, 0.4) is 0 Å². The van der Waals surface area contributed by atoms with Gasteiger partial charge in [-0.25, -0.2) is 0 Å². The summed E-state index contributed by atoms with van der Waals surface area (Å²) in [5, 5.41) is 9.30. The summed E-state index contributed by atoms with van der Waals surface area (Å²) in [5.41, 5.74) is 2.04. The van der Waals surface area contributed by atoms with E-state index in [0.717, 1.165) is 6.07 Å². The minimum atomic E-state index is -4.73. The Bertz CT molecular complexity index is 333. The number of hydrogen-bond acceptors (Lipinski definition) is 2. The van der Waals surface area contributed by atoms with Gasteiger partial charge in [0.1, 0.15) is 0 Å². The van der Waals surface area contributed by atoms with E-state index in [1.165, 1.54) is 18.2 Å². The zero-order valence-electron chi connectivity index (χ0n) is 7.47. The van der Waals surface area contributed by atoms with Gasteiger partial charge >= 0.3 is 6.18 Å². The van der Waals surface area contributed by atoms with E-state index >= 15 is 0 Å². The number of alkyl halides is 3. The van der Waals surface area contributed by atoms with Gasteiger partial charge in [0.15, 0.2) is 5.60 Å². The molecule has 0 spiro atoms. The average Bonchev–Trinajstić information content (AvgIpc) is 2.02. The van der Waals surface area contributed by atoms with Gasteiger partial charge in [-0.2, -0.15) is 13.2 Å². The first-order chi connectivity index (χ1) is 6.27. The number of halogens is 3. The Morgan fingerprint density at radius 1 is 1.21 bits per heavy atom. The predicted molar refractivity (Wildman–Crippen MR) is 46.5 cm³/mol. The molecule has 0 aliphatic carbocycles. The molecule has 0 unspecified atom stereocenters. The highest BCUT2D eigenvalue weighted by atomic mass is 19.4. The molecule has 0 saturated heterocycles. The summed E-state index contributed by atoms with van der Waals surface area (Å²) in [6.07, 6.45) is -4.73. The third-order valence-corrected chi connectivity index (χ3v) is 2.04. The van der Waals surface area contributed by atoms with Gasteiger partial charge in [0.2, 0.25) is 0 Å². The Balaban J connectivity index is 3.23. The Kier molecular flexibility index (Phi) is 2.45. The minimum absolute atomic E-state index is 0.0742. The molecule has 0 aliphatic heterocycles. The largest absolute Gasteiger partial charge is 0.421 e. The van der Waals surface area contributed by atoms with Crippen molar-refractivity contribution in [1.82, 2.24) is 0 Å². The van der Waals surface area contributed by atoms with E-state index in [1.54, 1.807) is 0 Å². The van der Waals surface area contributed by atoms with E-state index < -0.39 is 11.8 Å². The Labute approximate surface area is 79.2 Å². The number of hydrogen-bond donors (Lipinski definition) is 2. The topological polar surface area (TPSA) is 46.2 Å². The van der Waals surface area contributed by atoms with Crippen molar-refractivity contribution in [2.24, 2.45) is 0 Å². The minimum Gasteiger partial charge on any atom is -0.398 e. The molecule has 14 heavy (non-hydrogen) atoms. The molecule has 1 aromatic carbocycles. The molecule has 1 atom stereocenters. The van der Waals surface area contributed by atoms with E-state index in [4.69, 9.17) is 5.73 Å². The van der Waals surface area contributed by atoms with Crippen LogP contribution in [0.1, 0.15) is 12.5 Å². The van der Waals surface area contributed by atoms with E-state index in [1.807, 2.05) is 0 Å². The third-order valence-electron chi connectivity index (χ3n) is 2.04. The molecule has 0 heterocycles. The van der Waals surface area contributed by atoms with Crippen LogP contribution >= 0.6 is 0 Å². The maximum atomic E-state index is 12.4. The first-order valence-corrected chi connectivity index (χ1v) is 3.91. The van der Waals surface area contributed by atoms with Gasteiger partial charge in [-0.3, -0.25) is 0 Å². The molecule has 2 nitrogen and oxygen atoms in total. The van der Waals surface area contributed by atoms with Crippen molar-refractivity contribution < 1.29 is 18.3 Å². The van der Waals surface area contributed by atoms with Crippen LogP contribution in [0, 0.1) is 0 Å². The predicted octanol–water partition coefficient (Wildman–Crippen LogP) is 2.04. The highest BCUT2D eigenvalue weighted by Gasteiger charge is 2.51. The van der Waals surface area contributed by atoms with Crippen molar-refractivity contribution >= 4 is 5.69 Å². The van der Waals surface area contributed by atoms with Crippen molar-refractivity contribution in [2.45, 2.75) is 18.7 Å². The lowest BCUT2D eigenvalue weighted by atomic mass is 9.94. The van der Waals surface area contributed by atoms with Crippen LogP contribution in [0.25, 0.3) is 0 Å². The van der Waals surface area contributed by atoms with Crippen LogP contribution in [0.4, 0.5) is 18.9 Å². The van der Waals surface area contributed by atoms with E-state index in [0.29, 0.717) is 6.92 Å². The fourth-order valence-electron chi connectivity index (χ4n) is 1.09. The first-order valence-electron chi connectivity index (χ1n) is 3.91. The number of rotatable bonds is 1. The van der Waals surface area contributed by atoms with Crippen LogP contribution in [-0.4, -0.2) is 11.3 Å². The third kappa shape index (κ3) is 1.68. The molecule has 0 saturated carbocycles. The monoisotopic (exact) mass is 205 g/mol. The number of nitrogens with two attached hydrogens (primary N) is 1. The molecular formula is C9H10F3NO. The van der Waals surface area contributed by atoms with Gasteiger partial charge in [0.25, 0.3) is 0 Å². The lowest BCUT2D eigenvalue weighted by Gasteiger charge is -2.27. The molecule has 0 fully saturated rings. The molecule has 5 heteroatoms. The number of nitrogen functional groups attached to an aromatic ring is 1. The Morgan fingerprint density at radius 3 is 2.14 bits per heavy atom. The second kappa shape index (κ2) is 3.16. The summed E-state index contributed by atoms with van der Waals surface area (Å²) in [5.74, 6) is 0. The van der Waals surface area contributed by atoms with Crippen molar-refractivity contribution in [1.29, 1.82) is 0 Å². The van der Waals surface area contributed by atoms with Crippen LogP contribution in [0.15, 0.2) is 24.3 Å². The fraction of sp³-hybridized carbons (Fsp3) is 0.333. The summed E-state index contributed by atoms with van der Waals surface area (Å²) in [6, 6.07) is 5.37. The lowest BCUT2D eigenvalue weighted by molar-refractivity contribution is -0.258. The summed E-state index contributed by atoms with van der Waals surface area (Å²) in [6.45, 7) is 0.679. The molecule has 1 aromatic rings. The van der Waals surface area contributed by atoms with Gasteiger partial charge in [-0.15, -0.1) is 0 Å². The van der Waals surface area contributed by atoms with Gasteiger partial charge in [0, 0.05) is 11.3 Å². The van der Waals surface area contributed by atoms with Gasteiger partial charge < -0.3 is 10.8 Å². The molecule has 1 rings (SSSR count). The van der Waals surface area contributed by atoms with Crippen molar-refractivity contribution in [3.63, 3.8) is 0 Å². The number of anilines is 1. The van der Waals surface area contributed by atoms with Crippen molar-refractivity contribution in [2.75, 3.05) is 5.73 Å². The Morgan fingerprint density at radius 2 is 1.71 bits per heavy atom. The number of para-hydroxylation sites is 1. The van der Waals surface area contributed by atoms with Crippen LogP contribution < -0.4 is 5.73 Å². The fourth-order valence-corrected chi connectivity index (χ4v) is 1.09. The number of aliphatic hydroxyl groups is 1. The van der Waals surface area contributed by atoms with E-state index in [2.05, 4.69) is 0 Å². The molecule has 0 amide bonds. The van der Waals surface area contributed by atoms with Crippen LogP contribution in [0.2, 0.25) is 0 Å². The molecule has 78 valence electrons. The zero-order valence-corrected chi connectivity index (χ0v) is 7.47. The molecule has 0 radical (unpaired) electrons. The summed E-state index contributed by atoms with van der Waals surface area (Å²) in [7, 11) is 0. The highest BCUT2D eigenvalue weighted by Crippen LogP contribution is 2.40. The smallest absolute Gasteiger partial charge is 0.398 e. The molecule has 0 bridgehead atoms. The zero-order chi connectivity index (χ0) is 11.0. The second-order valence-corrected chi connectivity index (χ2v) is 3.16. The molecule has 0 aromatic heterocycles. The van der Waals surface area contributed by atoms with Gasteiger partial charge in [0.05, 0.1) is 0 Å². The summed E-state index contributed by atoms with van der Waals surface area (Å²) < 4.78 is 37.2. The number of benzene rings is 1. The van der Waals surface area contributed by atoms with Gasteiger partial charge in [-0.05, 0) is 13.0 Å². The van der Waals surface area contributed by atoms with Gasteiger partial charge in [-0.1, -0.05) is 18.2 Å². The van der Waals surface area contributed by atoms with Crippen LogP contribution in [0.5, 0.6) is 0 Å². The lowest BCUT2D eigenvalue weighted by Crippen LogP contribution is -2.39. The Hall–Kier alpha value is -1.23. The van der Waals surface area contributed by atoms with Crippen molar-refractivity contribution in [3.05, 3.63) is 29.8 Å². The quantitative estimate of drug-likeness (QED) is 0.689. The maximum Gasteiger partial charge on any atom is 0.421 e. The average molecular weight is 205 g/mol. The molecule has 0 aliphatic rings. The van der Waals surface area contributed by atoms with Crippen LogP contribution in [-0.2, 0) is 5.60 Å². The van der Waals surface area contributed by atoms with E-state index in [9.17, 15) is 18.3 Å². The van der Waals surface area contributed by atoms with E-state index in [-0.39, 0.29) is 11.3 Å². The molecule has 3 N–H and O–H groups in total.